The van der Waals surface area contributed by atoms with E-state index in [1.165, 1.54) is 5.56 Å². The van der Waals surface area contributed by atoms with E-state index < -0.39 is 0 Å². The second-order valence-corrected chi connectivity index (χ2v) is 5.50. The summed E-state index contributed by atoms with van der Waals surface area (Å²) in [4.78, 5) is 11.3. The largest absolute Gasteiger partial charge is 0.339 e. The number of benzene rings is 1. The molecule has 0 aliphatic carbocycles. The van der Waals surface area contributed by atoms with Crippen LogP contribution in [-0.4, -0.2) is 16.5 Å². The molecule has 2 rings (SSSR count). The average Bonchev–Trinajstić information content (AvgIpc) is 2.48. The van der Waals surface area contributed by atoms with Crippen LogP contribution in [0, 0.1) is 6.92 Å². The van der Waals surface area contributed by atoms with Crippen molar-refractivity contribution in [1.82, 2.24) is 9.97 Å². The van der Waals surface area contributed by atoms with Crippen LogP contribution in [0.3, 0.4) is 0 Å². The molecule has 2 aromatic rings. The highest BCUT2D eigenvalue weighted by Crippen LogP contribution is 2.28. The number of hydrogen-bond acceptors (Lipinski definition) is 4. The van der Waals surface area contributed by atoms with Gasteiger partial charge in [-0.2, -0.15) is 0 Å². The number of anilines is 2. The summed E-state index contributed by atoms with van der Waals surface area (Å²) in [6.45, 7) is 9.67. The van der Waals surface area contributed by atoms with Crippen molar-refractivity contribution >= 4 is 11.4 Å². The zero-order valence-electron chi connectivity index (χ0n) is 13.3. The molecule has 0 saturated heterocycles. The van der Waals surface area contributed by atoms with Gasteiger partial charge in [0.25, 0.3) is 0 Å². The van der Waals surface area contributed by atoms with Gasteiger partial charge < -0.3 is 10.6 Å². The van der Waals surface area contributed by atoms with Crippen molar-refractivity contribution in [3.8, 4) is 0 Å². The lowest BCUT2D eigenvalue weighted by Crippen LogP contribution is -2.20. The smallest absolute Gasteiger partial charge is 0.131 e. The van der Waals surface area contributed by atoms with Crippen LogP contribution in [0.25, 0.3) is 0 Å². The lowest BCUT2D eigenvalue weighted by molar-refractivity contribution is 0.752. The van der Waals surface area contributed by atoms with Crippen LogP contribution in [0.5, 0.6) is 0 Å². The summed E-state index contributed by atoms with van der Waals surface area (Å²) in [5.41, 5.74) is 10.2. The van der Waals surface area contributed by atoms with Crippen molar-refractivity contribution in [3.63, 3.8) is 0 Å². The van der Waals surface area contributed by atoms with Crippen molar-refractivity contribution in [3.05, 3.63) is 47.5 Å². The van der Waals surface area contributed by atoms with Gasteiger partial charge in [0, 0.05) is 24.7 Å². The van der Waals surface area contributed by atoms with Gasteiger partial charge in [-0.3, -0.25) is 0 Å². The molecule has 0 unspecified atom stereocenters. The topological polar surface area (TPSA) is 55.0 Å². The summed E-state index contributed by atoms with van der Waals surface area (Å²) < 4.78 is 0. The van der Waals surface area contributed by atoms with E-state index in [1.807, 2.05) is 6.20 Å². The predicted octanol–water partition coefficient (Wildman–Crippen LogP) is 3.53. The highest BCUT2D eigenvalue weighted by Gasteiger charge is 2.15. The number of rotatable bonds is 5. The maximum Gasteiger partial charge on any atom is 0.131 e. The van der Waals surface area contributed by atoms with Crippen molar-refractivity contribution < 1.29 is 0 Å². The van der Waals surface area contributed by atoms with Gasteiger partial charge in [-0.15, -0.1) is 0 Å². The molecule has 0 spiro atoms. The Morgan fingerprint density at radius 3 is 2.62 bits per heavy atom. The summed E-state index contributed by atoms with van der Waals surface area (Å²) in [5, 5.41) is 0. The van der Waals surface area contributed by atoms with E-state index in [0.29, 0.717) is 12.5 Å². The molecule has 21 heavy (non-hydrogen) atoms. The quantitative estimate of drug-likeness (QED) is 0.912. The molecule has 0 fully saturated rings. The molecule has 1 aromatic heterocycles. The van der Waals surface area contributed by atoms with Gasteiger partial charge in [0.15, 0.2) is 0 Å². The first-order chi connectivity index (χ1) is 10.1. The van der Waals surface area contributed by atoms with Crippen LogP contribution in [0.15, 0.2) is 30.5 Å². The number of nitrogens with two attached hydrogens (primary N) is 1. The second kappa shape index (κ2) is 6.68. The number of aryl methyl sites for hydroxylation is 1. The van der Waals surface area contributed by atoms with Gasteiger partial charge >= 0.3 is 0 Å². The average molecular weight is 284 g/mol. The van der Waals surface area contributed by atoms with E-state index in [0.717, 1.165) is 29.4 Å². The summed E-state index contributed by atoms with van der Waals surface area (Å²) in [5.74, 6) is 1.15. The van der Waals surface area contributed by atoms with Gasteiger partial charge in [0.1, 0.15) is 5.82 Å². The van der Waals surface area contributed by atoms with Gasteiger partial charge in [-0.25, -0.2) is 9.97 Å². The molecule has 0 saturated carbocycles. The summed E-state index contributed by atoms with van der Waals surface area (Å²) in [6, 6.07) is 8.44. The molecule has 1 heterocycles. The van der Waals surface area contributed by atoms with Gasteiger partial charge in [0.05, 0.1) is 17.6 Å². The Balaban J connectivity index is 2.47. The Bertz CT molecular complexity index is 607. The first kappa shape index (κ1) is 15.4. The second-order valence-electron chi connectivity index (χ2n) is 5.50. The fraction of sp³-hybridized carbons (Fsp3) is 0.412. The van der Waals surface area contributed by atoms with Crippen LogP contribution in [0.4, 0.5) is 11.4 Å². The first-order valence-corrected chi connectivity index (χ1v) is 7.46. The number of nitrogens with zero attached hydrogens (tertiary/aromatic N) is 3. The monoisotopic (exact) mass is 284 g/mol. The van der Waals surface area contributed by atoms with Crippen LogP contribution in [-0.2, 0) is 6.54 Å². The molecular formula is C17H24N4. The lowest BCUT2D eigenvalue weighted by Gasteiger charge is -2.25. The minimum absolute atomic E-state index is 0.304. The molecule has 0 aliphatic rings. The third kappa shape index (κ3) is 3.39. The first-order valence-electron chi connectivity index (χ1n) is 7.46. The molecule has 2 N–H and O–H groups in total. The molecule has 0 bridgehead atoms. The third-order valence-electron chi connectivity index (χ3n) is 3.49. The van der Waals surface area contributed by atoms with Gasteiger partial charge in [0.2, 0.25) is 0 Å². The molecule has 0 aliphatic heterocycles. The van der Waals surface area contributed by atoms with E-state index in [1.54, 1.807) is 0 Å². The summed E-state index contributed by atoms with van der Waals surface area (Å²) >= 11 is 0. The van der Waals surface area contributed by atoms with Crippen LogP contribution in [0.2, 0.25) is 0 Å². The Morgan fingerprint density at radius 2 is 2.05 bits per heavy atom. The maximum absolute atomic E-state index is 5.90. The van der Waals surface area contributed by atoms with Crippen molar-refractivity contribution in [1.29, 1.82) is 0 Å². The SMILES string of the molecule is CCN(c1cccc(C)c1)c1cnc(C(C)C)nc1CN. The Kier molecular flexibility index (Phi) is 4.91. The van der Waals surface area contributed by atoms with Crippen LogP contribution < -0.4 is 10.6 Å². The summed E-state index contributed by atoms with van der Waals surface area (Å²) in [7, 11) is 0. The zero-order chi connectivity index (χ0) is 15.4. The standard InChI is InChI=1S/C17H24N4/c1-5-21(14-8-6-7-13(4)9-14)16-11-19-17(12(2)3)20-15(16)10-18/h6-9,11-12H,5,10,18H2,1-4H3. The molecule has 0 radical (unpaired) electrons. The van der Waals surface area contributed by atoms with E-state index in [4.69, 9.17) is 5.73 Å². The van der Waals surface area contributed by atoms with Gasteiger partial charge in [-0.1, -0.05) is 26.0 Å². The van der Waals surface area contributed by atoms with Crippen molar-refractivity contribution in [2.24, 2.45) is 5.73 Å². The maximum atomic E-state index is 5.90. The highest BCUT2D eigenvalue weighted by molar-refractivity contribution is 5.65. The predicted molar refractivity (Wildman–Crippen MR) is 87.9 cm³/mol. The number of hydrogen-bond donors (Lipinski definition) is 1. The zero-order valence-corrected chi connectivity index (χ0v) is 13.3. The molecule has 4 heteroatoms. The van der Waals surface area contributed by atoms with E-state index in [-0.39, 0.29) is 0 Å². The molecule has 1 aromatic carbocycles. The van der Waals surface area contributed by atoms with Crippen molar-refractivity contribution in [2.75, 3.05) is 11.4 Å². The minimum Gasteiger partial charge on any atom is -0.339 e. The fourth-order valence-electron chi connectivity index (χ4n) is 2.37. The minimum atomic E-state index is 0.304. The Hall–Kier alpha value is -1.94. The highest BCUT2D eigenvalue weighted by atomic mass is 15.2. The molecule has 112 valence electrons. The third-order valence-corrected chi connectivity index (χ3v) is 3.49. The summed E-state index contributed by atoms with van der Waals surface area (Å²) in [6.07, 6.45) is 1.90. The van der Waals surface area contributed by atoms with E-state index in [2.05, 4.69) is 66.8 Å². The Labute approximate surface area is 127 Å². The van der Waals surface area contributed by atoms with Crippen LogP contribution in [0.1, 0.15) is 43.8 Å². The molecule has 4 nitrogen and oxygen atoms in total. The normalized spacial score (nSPS) is 11.0. The van der Waals surface area contributed by atoms with E-state index in [9.17, 15) is 0 Å². The van der Waals surface area contributed by atoms with Crippen molar-refractivity contribution in [2.45, 2.75) is 40.2 Å². The van der Waals surface area contributed by atoms with E-state index >= 15 is 0 Å². The molecule has 0 amide bonds. The lowest BCUT2D eigenvalue weighted by atomic mass is 10.1. The van der Waals surface area contributed by atoms with Gasteiger partial charge in [-0.05, 0) is 31.5 Å². The number of aromatic nitrogens is 2. The van der Waals surface area contributed by atoms with Crippen LogP contribution >= 0.6 is 0 Å². The Morgan fingerprint density at radius 1 is 1.29 bits per heavy atom. The fourth-order valence-corrected chi connectivity index (χ4v) is 2.37. The molecular weight excluding hydrogens is 260 g/mol. The molecule has 0 atom stereocenters.